The Morgan fingerprint density at radius 3 is 2.29 bits per heavy atom. The molecule has 0 radical (unpaired) electrons. The zero-order valence-electron chi connectivity index (χ0n) is 17.6. The molecule has 1 fully saturated rings. The van der Waals surface area contributed by atoms with Crippen LogP contribution >= 0.6 is 0 Å². The lowest BCUT2D eigenvalue weighted by Crippen LogP contribution is -2.50. The molecule has 1 aromatic heterocycles. The molecule has 160 valence electrons. The molecule has 1 aliphatic heterocycles. The average Bonchev–Trinajstić information content (AvgIpc) is 3.19. The lowest BCUT2D eigenvalue weighted by Gasteiger charge is -2.33. The van der Waals surface area contributed by atoms with Crippen molar-refractivity contribution in [3.8, 4) is 11.3 Å². The van der Waals surface area contributed by atoms with E-state index in [0.717, 1.165) is 53.9 Å². The molecular weight excluding hydrogens is 388 g/mol. The second-order valence-corrected chi connectivity index (χ2v) is 7.85. The maximum Gasteiger partial charge on any atom is 0.234 e. The molecule has 6 heteroatoms. The molecule has 1 aliphatic rings. The largest absolute Gasteiger partial charge is 0.354 e. The number of carbonyl (C=O) groups excluding carboxylic acids is 2. The predicted molar refractivity (Wildman–Crippen MR) is 124 cm³/mol. The second-order valence-electron chi connectivity index (χ2n) is 7.85. The molecule has 3 aromatic rings. The van der Waals surface area contributed by atoms with E-state index in [9.17, 15) is 9.59 Å². The SMILES string of the molecule is C=CCNC(=O)CN1CCN(CC(=O)c2c(-c3ccccc3)[nH]c3ccccc23)CC1. The summed E-state index contributed by atoms with van der Waals surface area (Å²) in [6, 6.07) is 18.0. The molecule has 0 unspecified atom stereocenters. The van der Waals surface area contributed by atoms with Crippen molar-refractivity contribution in [3.63, 3.8) is 0 Å². The number of aromatic nitrogens is 1. The van der Waals surface area contributed by atoms with E-state index < -0.39 is 0 Å². The van der Waals surface area contributed by atoms with Crippen LogP contribution in [0.5, 0.6) is 0 Å². The summed E-state index contributed by atoms with van der Waals surface area (Å²) < 4.78 is 0. The van der Waals surface area contributed by atoms with Crippen molar-refractivity contribution < 1.29 is 9.59 Å². The second kappa shape index (κ2) is 9.73. The van der Waals surface area contributed by atoms with Crippen LogP contribution < -0.4 is 5.32 Å². The van der Waals surface area contributed by atoms with Gasteiger partial charge in [-0.3, -0.25) is 19.4 Å². The van der Waals surface area contributed by atoms with Crippen molar-refractivity contribution in [2.45, 2.75) is 0 Å². The van der Waals surface area contributed by atoms with Gasteiger partial charge in [-0.1, -0.05) is 54.6 Å². The van der Waals surface area contributed by atoms with E-state index in [4.69, 9.17) is 0 Å². The molecule has 0 saturated carbocycles. The van der Waals surface area contributed by atoms with E-state index in [1.165, 1.54) is 0 Å². The monoisotopic (exact) mass is 416 g/mol. The minimum atomic E-state index is 0.00993. The van der Waals surface area contributed by atoms with Crippen molar-refractivity contribution >= 4 is 22.6 Å². The number of carbonyl (C=O) groups is 2. The number of amides is 1. The lowest BCUT2D eigenvalue weighted by atomic mass is 10.0. The van der Waals surface area contributed by atoms with Gasteiger partial charge >= 0.3 is 0 Å². The first-order chi connectivity index (χ1) is 15.2. The average molecular weight is 417 g/mol. The molecule has 0 aliphatic carbocycles. The number of piperazine rings is 1. The van der Waals surface area contributed by atoms with Gasteiger partial charge in [-0.15, -0.1) is 6.58 Å². The number of aromatic amines is 1. The molecule has 31 heavy (non-hydrogen) atoms. The Morgan fingerprint density at radius 1 is 0.935 bits per heavy atom. The third-order valence-corrected chi connectivity index (χ3v) is 5.69. The highest BCUT2D eigenvalue weighted by Gasteiger charge is 2.24. The molecule has 0 atom stereocenters. The molecule has 6 nitrogen and oxygen atoms in total. The first kappa shape index (κ1) is 21.0. The number of hydrogen-bond donors (Lipinski definition) is 2. The fourth-order valence-corrected chi connectivity index (χ4v) is 4.09. The lowest BCUT2D eigenvalue weighted by molar-refractivity contribution is -0.122. The van der Waals surface area contributed by atoms with Crippen LogP contribution in [0.2, 0.25) is 0 Å². The Bertz CT molecular complexity index is 1070. The third-order valence-electron chi connectivity index (χ3n) is 5.69. The van der Waals surface area contributed by atoms with Gasteiger partial charge in [0.15, 0.2) is 5.78 Å². The van der Waals surface area contributed by atoms with Gasteiger partial charge in [0.2, 0.25) is 5.91 Å². The summed E-state index contributed by atoms with van der Waals surface area (Å²) in [5, 5.41) is 3.77. The summed E-state index contributed by atoms with van der Waals surface area (Å²) in [5.41, 5.74) is 3.62. The molecule has 4 rings (SSSR count). The minimum Gasteiger partial charge on any atom is -0.354 e. The molecule has 2 heterocycles. The van der Waals surface area contributed by atoms with Crippen molar-refractivity contribution in [2.24, 2.45) is 0 Å². The maximum atomic E-state index is 13.4. The van der Waals surface area contributed by atoms with Crippen LogP contribution in [0.15, 0.2) is 67.3 Å². The number of hydrogen-bond acceptors (Lipinski definition) is 4. The molecule has 1 amide bonds. The smallest absolute Gasteiger partial charge is 0.234 e. The summed E-state index contributed by atoms with van der Waals surface area (Å²) in [7, 11) is 0. The van der Waals surface area contributed by atoms with Crippen LogP contribution in [0.1, 0.15) is 10.4 Å². The molecule has 2 aromatic carbocycles. The number of ketones is 1. The van der Waals surface area contributed by atoms with Gasteiger partial charge in [-0.2, -0.15) is 0 Å². The van der Waals surface area contributed by atoms with Crippen LogP contribution in [0.3, 0.4) is 0 Å². The first-order valence-electron chi connectivity index (χ1n) is 10.7. The van der Waals surface area contributed by atoms with Crippen molar-refractivity contribution in [3.05, 3.63) is 72.8 Å². The number of benzene rings is 2. The Balaban J connectivity index is 1.45. The van der Waals surface area contributed by atoms with Crippen LogP contribution in [0.25, 0.3) is 22.2 Å². The van der Waals surface area contributed by atoms with Crippen LogP contribution in [-0.2, 0) is 4.79 Å². The maximum absolute atomic E-state index is 13.4. The van der Waals surface area contributed by atoms with Crippen LogP contribution in [0.4, 0.5) is 0 Å². The van der Waals surface area contributed by atoms with E-state index >= 15 is 0 Å². The molecule has 0 bridgehead atoms. The summed E-state index contributed by atoms with van der Waals surface area (Å²) >= 11 is 0. The van der Waals surface area contributed by atoms with Crippen molar-refractivity contribution in [2.75, 3.05) is 45.8 Å². The first-order valence-corrected chi connectivity index (χ1v) is 10.7. The van der Waals surface area contributed by atoms with Crippen molar-refractivity contribution in [1.82, 2.24) is 20.1 Å². The van der Waals surface area contributed by atoms with Gasteiger partial charge in [0.25, 0.3) is 0 Å². The summed E-state index contributed by atoms with van der Waals surface area (Å²) in [5.74, 6) is 0.129. The highest BCUT2D eigenvalue weighted by atomic mass is 16.2. The predicted octanol–water partition coefficient (Wildman–Crippen LogP) is 2.94. The normalized spacial score (nSPS) is 15.1. The summed E-state index contributed by atoms with van der Waals surface area (Å²) in [6.07, 6.45) is 1.68. The Morgan fingerprint density at radius 2 is 1.58 bits per heavy atom. The zero-order valence-corrected chi connectivity index (χ0v) is 17.6. The highest BCUT2D eigenvalue weighted by molar-refractivity contribution is 6.14. The third kappa shape index (κ3) is 4.93. The van der Waals surface area contributed by atoms with Crippen LogP contribution in [-0.4, -0.2) is 72.3 Å². The van der Waals surface area contributed by atoms with Gasteiger partial charge < -0.3 is 10.3 Å². The molecule has 0 spiro atoms. The van der Waals surface area contributed by atoms with Gasteiger partial charge in [0.05, 0.1) is 24.3 Å². The van der Waals surface area contributed by atoms with E-state index in [-0.39, 0.29) is 11.7 Å². The number of nitrogens with zero attached hydrogens (tertiary/aromatic N) is 2. The number of nitrogens with one attached hydrogen (secondary N) is 2. The fourth-order valence-electron chi connectivity index (χ4n) is 4.09. The minimum absolute atomic E-state index is 0.00993. The number of fused-ring (bicyclic) bond motifs is 1. The number of para-hydroxylation sites is 1. The topological polar surface area (TPSA) is 68.4 Å². The summed E-state index contributed by atoms with van der Waals surface area (Å²) in [4.78, 5) is 33.1. The quantitative estimate of drug-likeness (QED) is 0.438. The number of Topliss-reactive ketones (excluding diaryl/α,β-unsaturated/α-hetero) is 1. The fraction of sp³-hybridized carbons (Fsp3) is 0.280. The van der Waals surface area contributed by atoms with E-state index in [0.29, 0.717) is 19.6 Å². The van der Waals surface area contributed by atoms with Gasteiger partial charge in [0.1, 0.15) is 0 Å². The van der Waals surface area contributed by atoms with E-state index in [1.807, 2.05) is 54.6 Å². The van der Waals surface area contributed by atoms with Gasteiger partial charge in [-0.05, 0) is 11.6 Å². The van der Waals surface area contributed by atoms with Gasteiger partial charge in [0, 0.05) is 43.6 Å². The summed E-state index contributed by atoms with van der Waals surface area (Å²) in [6.45, 7) is 7.94. The molecule has 1 saturated heterocycles. The zero-order chi connectivity index (χ0) is 21.6. The molecule has 2 N–H and O–H groups in total. The van der Waals surface area contributed by atoms with E-state index in [1.54, 1.807) is 6.08 Å². The van der Waals surface area contributed by atoms with Gasteiger partial charge in [-0.25, -0.2) is 0 Å². The molecular formula is C25H28N4O2. The number of H-pyrrole nitrogens is 1. The number of rotatable bonds is 8. The standard InChI is InChI=1S/C25H28N4O2/c1-2-12-26-23(31)18-29-15-13-28(14-16-29)17-22(30)24-20-10-6-7-11-21(20)27-25(24)19-8-4-3-5-9-19/h2-11,27H,1,12-18H2,(H,26,31). The van der Waals surface area contributed by atoms with Crippen LogP contribution in [0, 0.1) is 0 Å². The van der Waals surface area contributed by atoms with Crippen molar-refractivity contribution in [1.29, 1.82) is 0 Å². The van der Waals surface area contributed by atoms with E-state index in [2.05, 4.69) is 26.7 Å². The highest BCUT2D eigenvalue weighted by Crippen LogP contribution is 2.30. The Labute approximate surface area is 182 Å². The Kier molecular flexibility index (Phi) is 6.60. The Hall–Kier alpha value is -3.22.